The first-order chi connectivity index (χ1) is 11.5. The predicted molar refractivity (Wildman–Crippen MR) is 88.5 cm³/mol. The fourth-order valence-electron chi connectivity index (χ4n) is 2.06. The van der Waals surface area contributed by atoms with Crippen LogP contribution in [0.25, 0.3) is 0 Å². The monoisotopic (exact) mass is 342 g/mol. The van der Waals surface area contributed by atoms with Gasteiger partial charge in [-0.25, -0.2) is 4.79 Å². The largest absolute Gasteiger partial charge is 0.503 e. The first kappa shape index (κ1) is 19.7. The highest BCUT2D eigenvalue weighted by Gasteiger charge is 2.32. The molecule has 0 heterocycles. The van der Waals surface area contributed by atoms with Gasteiger partial charge < -0.3 is 29.2 Å². The van der Waals surface area contributed by atoms with E-state index in [2.05, 4.69) is 0 Å². The maximum atomic E-state index is 12.3. The van der Waals surface area contributed by atoms with E-state index in [1.165, 1.54) is 0 Å². The Kier molecular flexibility index (Phi) is 8.01. The molecule has 0 bridgehead atoms. The van der Waals surface area contributed by atoms with E-state index >= 15 is 0 Å². The van der Waals surface area contributed by atoms with Gasteiger partial charge in [0.2, 0.25) is 17.2 Å². The van der Waals surface area contributed by atoms with E-state index in [1.807, 2.05) is 6.92 Å². The summed E-state index contributed by atoms with van der Waals surface area (Å²) in [5, 5.41) is 20.5. The molecule has 0 amide bonds. The second-order valence-electron chi connectivity index (χ2n) is 4.85. The molecule has 0 atom stereocenters. The van der Waals surface area contributed by atoms with Crippen molar-refractivity contribution < 1.29 is 34.0 Å². The van der Waals surface area contributed by atoms with Crippen LogP contribution in [0.4, 0.5) is 0 Å². The molecule has 0 unspecified atom stereocenters. The van der Waals surface area contributed by atoms with Crippen LogP contribution in [-0.2, 0) is 4.74 Å². The summed E-state index contributed by atoms with van der Waals surface area (Å²) < 4.78 is 21.5. The van der Waals surface area contributed by atoms with Gasteiger partial charge in [-0.05, 0) is 27.2 Å². The number of phenols is 2. The number of hydrogen-bond acceptors (Lipinski definition) is 7. The fourth-order valence-corrected chi connectivity index (χ4v) is 2.06. The molecule has 0 aliphatic rings. The molecule has 7 nitrogen and oxygen atoms in total. The Morgan fingerprint density at radius 2 is 1.38 bits per heavy atom. The van der Waals surface area contributed by atoms with Gasteiger partial charge in [0.1, 0.15) is 0 Å². The zero-order valence-corrected chi connectivity index (χ0v) is 14.7. The van der Waals surface area contributed by atoms with Crippen molar-refractivity contribution in [2.45, 2.75) is 40.5 Å². The van der Waals surface area contributed by atoms with Crippen molar-refractivity contribution >= 4 is 5.97 Å². The number of carbonyl (C=O) groups is 1. The molecule has 0 aromatic heterocycles. The first-order valence-corrected chi connectivity index (χ1v) is 8.20. The Hall–Kier alpha value is -2.31. The summed E-state index contributed by atoms with van der Waals surface area (Å²) in [7, 11) is 0. The number of ether oxygens (including phenoxy) is 4. The van der Waals surface area contributed by atoms with Gasteiger partial charge in [0.05, 0.1) is 26.4 Å². The lowest BCUT2D eigenvalue weighted by atomic mass is 10.1. The van der Waals surface area contributed by atoms with E-state index < -0.39 is 17.5 Å². The van der Waals surface area contributed by atoms with Crippen molar-refractivity contribution in [3.05, 3.63) is 5.56 Å². The first-order valence-electron chi connectivity index (χ1n) is 8.20. The molecule has 7 heteroatoms. The Labute approximate surface area is 142 Å². The van der Waals surface area contributed by atoms with Gasteiger partial charge in [-0.3, -0.25) is 0 Å². The van der Waals surface area contributed by atoms with Gasteiger partial charge in [-0.2, -0.15) is 0 Å². The minimum atomic E-state index is -0.788. The maximum Gasteiger partial charge on any atom is 0.346 e. The van der Waals surface area contributed by atoms with Crippen molar-refractivity contribution in [3.63, 3.8) is 0 Å². The van der Waals surface area contributed by atoms with E-state index in [-0.39, 0.29) is 49.2 Å². The zero-order valence-electron chi connectivity index (χ0n) is 14.7. The van der Waals surface area contributed by atoms with Gasteiger partial charge in [0, 0.05) is 0 Å². The van der Waals surface area contributed by atoms with Gasteiger partial charge in [-0.1, -0.05) is 13.3 Å². The molecule has 1 rings (SSSR count). The number of hydrogen-bond donors (Lipinski definition) is 2. The summed E-state index contributed by atoms with van der Waals surface area (Å²) in [6.07, 6.45) is 1.55. The van der Waals surface area contributed by atoms with Crippen molar-refractivity contribution in [2.24, 2.45) is 0 Å². The molecular weight excluding hydrogens is 316 g/mol. The second kappa shape index (κ2) is 9.75. The normalized spacial score (nSPS) is 10.3. The van der Waals surface area contributed by atoms with Crippen LogP contribution < -0.4 is 14.2 Å². The third kappa shape index (κ3) is 4.37. The Bertz CT molecular complexity index is 555. The number of unbranched alkanes of at least 4 members (excludes halogenated alkanes) is 1. The molecule has 2 N–H and O–H groups in total. The predicted octanol–water partition coefficient (Wildman–Crippen LogP) is 3.25. The quantitative estimate of drug-likeness (QED) is 0.383. The van der Waals surface area contributed by atoms with Crippen molar-refractivity contribution in [2.75, 3.05) is 26.4 Å². The minimum absolute atomic E-state index is 0.000372. The van der Waals surface area contributed by atoms with Gasteiger partial charge in [-0.15, -0.1) is 0 Å². The van der Waals surface area contributed by atoms with Crippen LogP contribution >= 0.6 is 0 Å². The Balaban J connectivity index is 3.46. The van der Waals surface area contributed by atoms with Crippen LogP contribution in [0, 0.1) is 0 Å². The van der Waals surface area contributed by atoms with Crippen LogP contribution in [0.2, 0.25) is 0 Å². The summed E-state index contributed by atoms with van der Waals surface area (Å²) in [6, 6.07) is 0. The number of esters is 1. The van der Waals surface area contributed by atoms with Crippen molar-refractivity contribution in [1.82, 2.24) is 0 Å². The van der Waals surface area contributed by atoms with Crippen LogP contribution in [0.3, 0.4) is 0 Å². The average Bonchev–Trinajstić information content (AvgIpc) is 2.56. The van der Waals surface area contributed by atoms with Crippen molar-refractivity contribution in [1.29, 1.82) is 0 Å². The number of benzene rings is 1. The van der Waals surface area contributed by atoms with E-state index in [9.17, 15) is 15.0 Å². The smallest absolute Gasteiger partial charge is 0.346 e. The van der Waals surface area contributed by atoms with Crippen LogP contribution in [-0.4, -0.2) is 42.6 Å². The molecule has 24 heavy (non-hydrogen) atoms. The second-order valence-corrected chi connectivity index (χ2v) is 4.85. The lowest BCUT2D eigenvalue weighted by Crippen LogP contribution is -2.12. The maximum absolute atomic E-state index is 12.3. The molecule has 0 aliphatic carbocycles. The highest BCUT2D eigenvalue weighted by molar-refractivity contribution is 5.99. The topological polar surface area (TPSA) is 94.5 Å². The number of aromatic hydroxyl groups is 2. The fraction of sp³-hybridized carbons (Fsp3) is 0.588. The van der Waals surface area contributed by atoms with E-state index in [4.69, 9.17) is 18.9 Å². The molecule has 0 aliphatic heterocycles. The molecule has 0 radical (unpaired) electrons. The summed E-state index contributed by atoms with van der Waals surface area (Å²) in [5.41, 5.74) is -0.266. The summed E-state index contributed by atoms with van der Waals surface area (Å²) >= 11 is 0. The van der Waals surface area contributed by atoms with Gasteiger partial charge in [0.25, 0.3) is 0 Å². The molecule has 0 spiro atoms. The van der Waals surface area contributed by atoms with E-state index in [1.54, 1.807) is 20.8 Å². The third-order valence-corrected chi connectivity index (χ3v) is 3.12. The molecule has 0 saturated carbocycles. The Morgan fingerprint density at radius 3 is 1.92 bits per heavy atom. The van der Waals surface area contributed by atoms with Crippen LogP contribution in [0.1, 0.15) is 50.9 Å². The van der Waals surface area contributed by atoms with Gasteiger partial charge >= 0.3 is 5.97 Å². The minimum Gasteiger partial charge on any atom is -0.503 e. The van der Waals surface area contributed by atoms with Crippen LogP contribution in [0.5, 0.6) is 28.7 Å². The van der Waals surface area contributed by atoms with Crippen LogP contribution in [0.15, 0.2) is 0 Å². The lowest BCUT2D eigenvalue weighted by Gasteiger charge is -2.20. The third-order valence-electron chi connectivity index (χ3n) is 3.12. The number of carbonyl (C=O) groups excluding carboxylic acids is 1. The van der Waals surface area contributed by atoms with Crippen molar-refractivity contribution in [3.8, 4) is 28.7 Å². The standard InChI is InChI=1S/C17H26O7/c1-5-9-10-24-17(20)11-12(18)13(19)15(22-7-3)16(23-8-4)14(11)21-6-2/h18-19H,5-10H2,1-4H3. The number of phenolic OH excluding ortho intramolecular Hbond substituents is 2. The van der Waals surface area contributed by atoms with E-state index in [0.717, 1.165) is 6.42 Å². The molecular formula is C17H26O7. The molecule has 136 valence electrons. The average molecular weight is 342 g/mol. The Morgan fingerprint density at radius 1 is 0.833 bits per heavy atom. The molecule has 0 fully saturated rings. The van der Waals surface area contributed by atoms with E-state index in [0.29, 0.717) is 6.42 Å². The summed E-state index contributed by atoms with van der Waals surface area (Å²) in [4.78, 5) is 12.3. The zero-order chi connectivity index (χ0) is 18.1. The molecule has 1 aromatic carbocycles. The highest BCUT2D eigenvalue weighted by atomic mass is 16.6. The summed E-state index contributed by atoms with van der Waals surface area (Å²) in [6.45, 7) is 8.09. The highest BCUT2D eigenvalue weighted by Crippen LogP contribution is 2.53. The SMILES string of the molecule is CCCCOC(=O)c1c(O)c(O)c(OCC)c(OCC)c1OCC. The molecule has 0 saturated heterocycles. The summed E-state index contributed by atoms with van der Waals surface area (Å²) in [5.74, 6) is -2.01. The van der Waals surface area contributed by atoms with Gasteiger partial charge in [0.15, 0.2) is 17.1 Å². The lowest BCUT2D eigenvalue weighted by molar-refractivity contribution is 0.0489. The molecule has 1 aromatic rings. The number of rotatable bonds is 10.